The predicted molar refractivity (Wildman–Crippen MR) is 110 cm³/mol. The molecule has 1 atom stereocenters. The minimum absolute atomic E-state index is 0.0177. The molecule has 0 fully saturated rings. The normalized spacial score (nSPS) is 12.2. The predicted octanol–water partition coefficient (Wildman–Crippen LogP) is 5.11. The van der Waals surface area contributed by atoms with E-state index < -0.39 is 0 Å². The van der Waals surface area contributed by atoms with Gasteiger partial charge < -0.3 is 9.84 Å². The molecule has 4 aromatic rings. The van der Waals surface area contributed by atoms with Crippen LogP contribution in [0.2, 0.25) is 0 Å². The number of rotatable bonds is 6. The van der Waals surface area contributed by atoms with Crippen LogP contribution in [0.4, 0.5) is 5.82 Å². The number of aryl methyl sites for hydroxylation is 2. The smallest absolute Gasteiger partial charge is 0.226 e. The monoisotopic (exact) mass is 373 g/mol. The van der Waals surface area contributed by atoms with Crippen LogP contribution in [-0.2, 0) is 6.42 Å². The standard InChI is InChI=1S/C22H23N5O/c1-4-8-19-25-22(27-28-19)17-13-16-10-7-9-14(2)20(16)26-21(17)24-15(3)18-11-5-6-12-23-18/h5-7,9-13,15H,4,8H2,1-3H3,(H,24,26). The molecule has 0 amide bonds. The van der Waals surface area contributed by atoms with Gasteiger partial charge in [-0.1, -0.05) is 36.3 Å². The summed E-state index contributed by atoms with van der Waals surface area (Å²) in [6.07, 6.45) is 3.52. The van der Waals surface area contributed by atoms with Gasteiger partial charge in [-0.2, -0.15) is 4.98 Å². The Balaban J connectivity index is 1.80. The number of nitrogens with zero attached hydrogens (tertiary/aromatic N) is 4. The molecule has 0 aliphatic heterocycles. The average molecular weight is 373 g/mol. The Morgan fingerprint density at radius 3 is 2.79 bits per heavy atom. The van der Waals surface area contributed by atoms with Crippen molar-refractivity contribution in [1.82, 2.24) is 20.1 Å². The Bertz CT molecular complexity index is 1090. The Morgan fingerprint density at radius 2 is 2.00 bits per heavy atom. The molecule has 28 heavy (non-hydrogen) atoms. The Morgan fingerprint density at radius 1 is 1.11 bits per heavy atom. The molecular weight excluding hydrogens is 350 g/mol. The summed E-state index contributed by atoms with van der Waals surface area (Å²) in [5.74, 6) is 1.92. The molecule has 0 saturated carbocycles. The number of pyridine rings is 2. The van der Waals surface area contributed by atoms with Gasteiger partial charge in [0.1, 0.15) is 5.82 Å². The first-order valence-electron chi connectivity index (χ1n) is 9.56. The van der Waals surface area contributed by atoms with Crippen LogP contribution in [-0.4, -0.2) is 20.1 Å². The van der Waals surface area contributed by atoms with Gasteiger partial charge in [-0.3, -0.25) is 4.98 Å². The molecule has 1 N–H and O–H groups in total. The highest BCUT2D eigenvalue weighted by Crippen LogP contribution is 2.31. The number of nitrogens with one attached hydrogen (secondary N) is 1. The number of para-hydroxylation sites is 1. The van der Waals surface area contributed by atoms with E-state index in [1.807, 2.05) is 24.3 Å². The maximum absolute atomic E-state index is 5.41. The largest absolute Gasteiger partial charge is 0.361 e. The number of aromatic nitrogens is 4. The zero-order valence-corrected chi connectivity index (χ0v) is 16.3. The van der Waals surface area contributed by atoms with Crippen LogP contribution in [0.5, 0.6) is 0 Å². The van der Waals surface area contributed by atoms with E-state index in [1.165, 1.54) is 0 Å². The maximum atomic E-state index is 5.41. The number of anilines is 1. The molecule has 0 radical (unpaired) electrons. The fourth-order valence-corrected chi connectivity index (χ4v) is 3.22. The summed E-state index contributed by atoms with van der Waals surface area (Å²) in [6, 6.07) is 14.1. The van der Waals surface area contributed by atoms with Crippen LogP contribution in [0.1, 0.15) is 43.5 Å². The molecule has 0 saturated heterocycles. The molecule has 4 rings (SSSR count). The molecule has 0 bridgehead atoms. The van der Waals surface area contributed by atoms with E-state index in [9.17, 15) is 0 Å². The number of benzene rings is 1. The van der Waals surface area contributed by atoms with E-state index in [4.69, 9.17) is 9.51 Å². The summed E-state index contributed by atoms with van der Waals surface area (Å²) in [4.78, 5) is 13.9. The van der Waals surface area contributed by atoms with Gasteiger partial charge in [0.2, 0.25) is 11.7 Å². The number of hydrogen-bond acceptors (Lipinski definition) is 6. The number of fused-ring (bicyclic) bond motifs is 1. The lowest BCUT2D eigenvalue weighted by Gasteiger charge is -2.17. The van der Waals surface area contributed by atoms with Crippen molar-refractivity contribution < 1.29 is 4.52 Å². The topological polar surface area (TPSA) is 76.7 Å². The molecule has 1 aromatic carbocycles. The Labute approximate surface area is 164 Å². The Kier molecular flexibility index (Phi) is 5.02. The van der Waals surface area contributed by atoms with Crippen molar-refractivity contribution in [3.8, 4) is 11.4 Å². The average Bonchev–Trinajstić information content (AvgIpc) is 3.17. The highest BCUT2D eigenvalue weighted by atomic mass is 16.5. The summed E-state index contributed by atoms with van der Waals surface area (Å²) in [5.41, 5.74) is 3.85. The molecule has 3 heterocycles. The van der Waals surface area contributed by atoms with Crippen LogP contribution in [0, 0.1) is 6.92 Å². The van der Waals surface area contributed by atoms with Crippen molar-refractivity contribution in [3.05, 3.63) is 65.8 Å². The fourth-order valence-electron chi connectivity index (χ4n) is 3.22. The molecule has 1 unspecified atom stereocenters. The Hall–Kier alpha value is -3.28. The maximum Gasteiger partial charge on any atom is 0.226 e. The van der Waals surface area contributed by atoms with E-state index in [0.717, 1.165) is 46.4 Å². The third kappa shape index (κ3) is 3.58. The van der Waals surface area contributed by atoms with E-state index in [2.05, 4.69) is 59.4 Å². The fraction of sp³-hybridized carbons (Fsp3) is 0.273. The lowest BCUT2D eigenvalue weighted by Crippen LogP contribution is -2.11. The summed E-state index contributed by atoms with van der Waals surface area (Å²) in [6.45, 7) is 6.22. The van der Waals surface area contributed by atoms with Crippen molar-refractivity contribution >= 4 is 16.7 Å². The molecule has 6 nitrogen and oxygen atoms in total. The van der Waals surface area contributed by atoms with Crippen molar-refractivity contribution in [3.63, 3.8) is 0 Å². The van der Waals surface area contributed by atoms with Crippen LogP contribution < -0.4 is 5.32 Å². The van der Waals surface area contributed by atoms with Gasteiger partial charge in [0.15, 0.2) is 0 Å². The van der Waals surface area contributed by atoms with E-state index in [1.54, 1.807) is 6.20 Å². The first kappa shape index (κ1) is 18.1. The van der Waals surface area contributed by atoms with Crippen molar-refractivity contribution in [2.75, 3.05) is 5.32 Å². The molecule has 0 aliphatic carbocycles. The molecule has 3 aromatic heterocycles. The quantitative estimate of drug-likeness (QED) is 0.506. The second-order valence-electron chi connectivity index (χ2n) is 6.91. The van der Waals surface area contributed by atoms with Gasteiger partial charge in [-0.25, -0.2) is 4.98 Å². The van der Waals surface area contributed by atoms with E-state index in [0.29, 0.717) is 11.7 Å². The van der Waals surface area contributed by atoms with Gasteiger partial charge in [0.05, 0.1) is 22.8 Å². The van der Waals surface area contributed by atoms with Gasteiger partial charge in [0.25, 0.3) is 0 Å². The van der Waals surface area contributed by atoms with Crippen LogP contribution in [0.25, 0.3) is 22.3 Å². The first-order valence-corrected chi connectivity index (χ1v) is 9.56. The molecule has 0 aliphatic rings. The van der Waals surface area contributed by atoms with Crippen molar-refractivity contribution in [2.45, 2.75) is 39.7 Å². The minimum atomic E-state index is -0.0177. The third-order valence-corrected chi connectivity index (χ3v) is 4.71. The van der Waals surface area contributed by atoms with Gasteiger partial charge in [-0.15, -0.1) is 0 Å². The lowest BCUT2D eigenvalue weighted by atomic mass is 10.1. The zero-order chi connectivity index (χ0) is 19.5. The summed E-state index contributed by atoms with van der Waals surface area (Å²) in [5, 5.41) is 8.73. The van der Waals surface area contributed by atoms with Gasteiger partial charge in [-0.05, 0) is 44.0 Å². The summed E-state index contributed by atoms with van der Waals surface area (Å²) in [7, 11) is 0. The molecule has 0 spiro atoms. The van der Waals surface area contributed by atoms with Crippen molar-refractivity contribution in [1.29, 1.82) is 0 Å². The van der Waals surface area contributed by atoms with Crippen molar-refractivity contribution in [2.24, 2.45) is 0 Å². The summed E-state index contributed by atoms with van der Waals surface area (Å²) >= 11 is 0. The second kappa shape index (κ2) is 7.76. The minimum Gasteiger partial charge on any atom is -0.361 e. The highest BCUT2D eigenvalue weighted by molar-refractivity contribution is 5.89. The molecular formula is C22H23N5O. The third-order valence-electron chi connectivity index (χ3n) is 4.71. The van der Waals surface area contributed by atoms with Gasteiger partial charge >= 0.3 is 0 Å². The number of hydrogen-bond donors (Lipinski definition) is 1. The van der Waals surface area contributed by atoms with E-state index in [-0.39, 0.29) is 6.04 Å². The highest BCUT2D eigenvalue weighted by Gasteiger charge is 2.18. The van der Waals surface area contributed by atoms with Gasteiger partial charge in [0, 0.05) is 18.0 Å². The molecule has 6 heteroatoms. The van der Waals surface area contributed by atoms with Crippen LogP contribution in [0.3, 0.4) is 0 Å². The van der Waals surface area contributed by atoms with Crippen LogP contribution >= 0.6 is 0 Å². The zero-order valence-electron chi connectivity index (χ0n) is 16.3. The first-order chi connectivity index (χ1) is 13.7. The summed E-state index contributed by atoms with van der Waals surface area (Å²) < 4.78 is 5.41. The van der Waals surface area contributed by atoms with E-state index >= 15 is 0 Å². The second-order valence-corrected chi connectivity index (χ2v) is 6.91. The van der Waals surface area contributed by atoms with Crippen LogP contribution in [0.15, 0.2) is 53.2 Å². The SMILES string of the molecule is CCCc1nc(-c2cc3cccc(C)c3nc2NC(C)c2ccccn2)no1. The lowest BCUT2D eigenvalue weighted by molar-refractivity contribution is 0.378. The molecule has 142 valence electrons.